The lowest BCUT2D eigenvalue weighted by Gasteiger charge is -2.30. The molecule has 0 aliphatic heterocycles. The SMILES string of the molecule is CC[C@H](C)NC(=O)[C@H](C)N(Cc1ccccc1F)C(=O)Cc1ccccc1F. The third kappa shape index (κ3) is 5.62. The smallest absolute Gasteiger partial charge is 0.242 e. The molecule has 2 aromatic rings. The second-order valence-electron chi connectivity index (χ2n) is 6.88. The summed E-state index contributed by atoms with van der Waals surface area (Å²) in [7, 11) is 0. The van der Waals surface area contributed by atoms with E-state index in [1.54, 1.807) is 37.3 Å². The monoisotopic (exact) mass is 388 g/mol. The first-order valence-electron chi connectivity index (χ1n) is 9.40. The lowest BCUT2D eigenvalue weighted by Crippen LogP contribution is -2.50. The van der Waals surface area contributed by atoms with Crippen LogP contribution in [-0.4, -0.2) is 28.8 Å². The zero-order valence-corrected chi connectivity index (χ0v) is 16.4. The molecule has 0 bridgehead atoms. The zero-order chi connectivity index (χ0) is 20.7. The molecule has 0 spiro atoms. The fourth-order valence-corrected chi connectivity index (χ4v) is 2.76. The summed E-state index contributed by atoms with van der Waals surface area (Å²) < 4.78 is 28.1. The molecule has 4 nitrogen and oxygen atoms in total. The minimum absolute atomic E-state index is 0.0491. The largest absolute Gasteiger partial charge is 0.352 e. The number of hydrogen-bond acceptors (Lipinski definition) is 2. The fraction of sp³-hybridized carbons (Fsp3) is 0.364. The number of nitrogens with zero attached hydrogens (tertiary/aromatic N) is 1. The van der Waals surface area contributed by atoms with E-state index < -0.39 is 23.6 Å². The molecule has 150 valence electrons. The molecule has 0 radical (unpaired) electrons. The van der Waals surface area contributed by atoms with Gasteiger partial charge in [-0.2, -0.15) is 0 Å². The fourth-order valence-electron chi connectivity index (χ4n) is 2.76. The van der Waals surface area contributed by atoms with Crippen molar-refractivity contribution in [1.29, 1.82) is 0 Å². The Morgan fingerprint density at radius 2 is 1.50 bits per heavy atom. The van der Waals surface area contributed by atoms with E-state index in [1.807, 2.05) is 13.8 Å². The summed E-state index contributed by atoms with van der Waals surface area (Å²) in [4.78, 5) is 26.8. The molecule has 6 heteroatoms. The zero-order valence-electron chi connectivity index (χ0n) is 16.4. The van der Waals surface area contributed by atoms with E-state index in [1.165, 1.54) is 23.1 Å². The molecule has 0 heterocycles. The molecule has 0 saturated carbocycles. The van der Waals surface area contributed by atoms with Crippen LogP contribution in [0, 0.1) is 11.6 Å². The molecule has 2 aromatic carbocycles. The Morgan fingerprint density at radius 3 is 2.04 bits per heavy atom. The summed E-state index contributed by atoms with van der Waals surface area (Å²) in [5, 5.41) is 2.84. The lowest BCUT2D eigenvalue weighted by molar-refractivity contribution is -0.140. The van der Waals surface area contributed by atoms with Gasteiger partial charge in [0.25, 0.3) is 0 Å². The molecule has 0 unspecified atom stereocenters. The van der Waals surface area contributed by atoms with Crippen molar-refractivity contribution in [2.24, 2.45) is 0 Å². The minimum Gasteiger partial charge on any atom is -0.352 e. The second-order valence-corrected chi connectivity index (χ2v) is 6.88. The molecular formula is C22H26F2N2O2. The summed E-state index contributed by atoms with van der Waals surface area (Å²) in [6, 6.07) is 11.2. The van der Waals surface area contributed by atoms with Gasteiger partial charge in [-0.05, 0) is 38.0 Å². The van der Waals surface area contributed by atoms with E-state index >= 15 is 0 Å². The van der Waals surface area contributed by atoms with E-state index in [0.717, 1.165) is 6.42 Å². The van der Waals surface area contributed by atoms with Crippen LogP contribution < -0.4 is 5.32 Å². The molecule has 2 atom stereocenters. The predicted octanol–water partition coefficient (Wildman–Crippen LogP) is 3.84. The van der Waals surface area contributed by atoms with Crippen molar-refractivity contribution >= 4 is 11.8 Å². The van der Waals surface area contributed by atoms with E-state index in [4.69, 9.17) is 0 Å². The van der Waals surface area contributed by atoms with E-state index in [-0.39, 0.29) is 30.5 Å². The van der Waals surface area contributed by atoms with Crippen molar-refractivity contribution in [3.63, 3.8) is 0 Å². The van der Waals surface area contributed by atoms with E-state index in [9.17, 15) is 18.4 Å². The number of amides is 2. The molecule has 0 aliphatic carbocycles. The number of halogens is 2. The van der Waals surface area contributed by atoms with Gasteiger partial charge in [0.15, 0.2) is 0 Å². The number of carbonyl (C=O) groups excluding carboxylic acids is 2. The number of carbonyl (C=O) groups is 2. The Bertz CT molecular complexity index is 826. The van der Waals surface area contributed by atoms with Crippen LogP contribution in [0.3, 0.4) is 0 Å². The highest BCUT2D eigenvalue weighted by molar-refractivity contribution is 5.88. The van der Waals surface area contributed by atoms with Crippen molar-refractivity contribution in [2.45, 2.75) is 52.2 Å². The van der Waals surface area contributed by atoms with Gasteiger partial charge in [-0.25, -0.2) is 8.78 Å². The molecule has 0 aromatic heterocycles. The number of rotatable bonds is 8. The standard InChI is InChI=1S/C22H26F2N2O2/c1-4-15(2)25-22(28)16(3)26(14-18-10-6-8-12-20(18)24)21(27)13-17-9-5-7-11-19(17)23/h5-12,15-16H,4,13-14H2,1-3H3,(H,25,28)/t15-,16-/m0/s1. The third-order valence-electron chi connectivity index (χ3n) is 4.77. The molecule has 2 amide bonds. The van der Waals surface area contributed by atoms with Crippen LogP contribution in [0.4, 0.5) is 8.78 Å². The first-order chi connectivity index (χ1) is 13.3. The van der Waals surface area contributed by atoms with Gasteiger partial charge in [-0.3, -0.25) is 9.59 Å². The minimum atomic E-state index is -0.826. The van der Waals surface area contributed by atoms with E-state index in [0.29, 0.717) is 5.56 Å². The maximum atomic E-state index is 14.1. The van der Waals surface area contributed by atoms with Gasteiger partial charge in [0.05, 0.1) is 6.42 Å². The second kappa shape index (κ2) is 9.97. The average Bonchev–Trinajstić information content (AvgIpc) is 2.68. The van der Waals surface area contributed by atoms with Gasteiger partial charge in [0, 0.05) is 18.2 Å². The summed E-state index contributed by atoms with van der Waals surface area (Å²) in [6.45, 7) is 5.33. The molecule has 2 rings (SSSR count). The van der Waals surface area contributed by atoms with E-state index in [2.05, 4.69) is 5.32 Å². The summed E-state index contributed by atoms with van der Waals surface area (Å²) in [5.41, 5.74) is 0.535. The van der Waals surface area contributed by atoms with Crippen molar-refractivity contribution in [1.82, 2.24) is 10.2 Å². The number of benzene rings is 2. The molecule has 0 saturated heterocycles. The first kappa shape index (κ1) is 21.5. The summed E-state index contributed by atoms with van der Waals surface area (Å²) in [5.74, 6) is -1.72. The van der Waals surface area contributed by atoms with Gasteiger partial charge in [0.2, 0.25) is 11.8 Å². The molecule has 28 heavy (non-hydrogen) atoms. The van der Waals surface area contributed by atoms with Crippen LogP contribution in [-0.2, 0) is 22.6 Å². The van der Waals surface area contributed by atoms with Crippen molar-refractivity contribution in [3.05, 3.63) is 71.3 Å². The molecule has 0 fully saturated rings. The van der Waals surface area contributed by atoms with Gasteiger partial charge in [-0.15, -0.1) is 0 Å². The Hall–Kier alpha value is -2.76. The quantitative estimate of drug-likeness (QED) is 0.747. The van der Waals surface area contributed by atoms with Crippen LogP contribution in [0.25, 0.3) is 0 Å². The summed E-state index contributed by atoms with van der Waals surface area (Å²) >= 11 is 0. The molecule has 0 aliphatic rings. The maximum absolute atomic E-state index is 14.1. The van der Waals surface area contributed by atoms with Gasteiger partial charge < -0.3 is 10.2 Å². The van der Waals surface area contributed by atoms with Gasteiger partial charge >= 0.3 is 0 Å². The highest BCUT2D eigenvalue weighted by Crippen LogP contribution is 2.16. The van der Waals surface area contributed by atoms with Gasteiger partial charge in [0.1, 0.15) is 17.7 Å². The van der Waals surface area contributed by atoms with Crippen LogP contribution in [0.1, 0.15) is 38.3 Å². The Balaban J connectivity index is 2.26. The first-order valence-corrected chi connectivity index (χ1v) is 9.40. The Kier molecular flexibility index (Phi) is 7.67. The molecular weight excluding hydrogens is 362 g/mol. The van der Waals surface area contributed by atoms with Crippen LogP contribution in [0.5, 0.6) is 0 Å². The maximum Gasteiger partial charge on any atom is 0.242 e. The normalized spacial score (nSPS) is 12.9. The number of nitrogens with one attached hydrogen (secondary N) is 1. The van der Waals surface area contributed by atoms with Crippen molar-refractivity contribution in [2.75, 3.05) is 0 Å². The lowest BCUT2D eigenvalue weighted by atomic mass is 10.1. The molecule has 1 N–H and O–H groups in total. The van der Waals surface area contributed by atoms with Crippen LogP contribution in [0.15, 0.2) is 48.5 Å². The Labute approximate surface area is 164 Å². The van der Waals surface area contributed by atoms with Crippen LogP contribution in [0.2, 0.25) is 0 Å². The Morgan fingerprint density at radius 1 is 0.964 bits per heavy atom. The predicted molar refractivity (Wildman–Crippen MR) is 104 cm³/mol. The third-order valence-corrected chi connectivity index (χ3v) is 4.77. The van der Waals surface area contributed by atoms with Crippen molar-refractivity contribution < 1.29 is 18.4 Å². The van der Waals surface area contributed by atoms with Crippen LogP contribution >= 0.6 is 0 Å². The topological polar surface area (TPSA) is 49.4 Å². The van der Waals surface area contributed by atoms with Crippen molar-refractivity contribution in [3.8, 4) is 0 Å². The number of hydrogen-bond donors (Lipinski definition) is 1. The highest BCUT2D eigenvalue weighted by atomic mass is 19.1. The van der Waals surface area contributed by atoms with Gasteiger partial charge in [-0.1, -0.05) is 43.3 Å². The summed E-state index contributed by atoms with van der Waals surface area (Å²) in [6.07, 6.45) is 0.539. The highest BCUT2D eigenvalue weighted by Gasteiger charge is 2.28. The average molecular weight is 388 g/mol.